The lowest BCUT2D eigenvalue weighted by Crippen LogP contribution is -2.56. The largest absolute Gasteiger partial charge is 0.329 e. The highest BCUT2D eigenvalue weighted by molar-refractivity contribution is 4.99. The number of rotatable bonds is 6. The Hall–Kier alpha value is -0.120. The lowest BCUT2D eigenvalue weighted by molar-refractivity contribution is 0.0905. The zero-order valence-corrected chi connectivity index (χ0v) is 11.5. The quantitative estimate of drug-likeness (QED) is 0.744. The van der Waals surface area contributed by atoms with Crippen molar-refractivity contribution >= 4 is 0 Å². The van der Waals surface area contributed by atoms with Crippen LogP contribution in [0.2, 0.25) is 0 Å². The van der Waals surface area contributed by atoms with Crippen molar-refractivity contribution in [3.63, 3.8) is 0 Å². The molecule has 0 amide bonds. The van der Waals surface area contributed by atoms with Crippen LogP contribution in [0.25, 0.3) is 0 Å². The molecule has 0 saturated carbocycles. The van der Waals surface area contributed by atoms with Crippen LogP contribution in [0.3, 0.4) is 0 Å². The van der Waals surface area contributed by atoms with Gasteiger partial charge in [0.05, 0.1) is 0 Å². The first kappa shape index (κ1) is 13.9. The van der Waals surface area contributed by atoms with Gasteiger partial charge in [0.15, 0.2) is 0 Å². The van der Waals surface area contributed by atoms with E-state index in [-0.39, 0.29) is 5.54 Å². The van der Waals surface area contributed by atoms with Crippen molar-refractivity contribution in [2.75, 3.05) is 39.8 Å². The molecular formula is C13H29N3. The molecule has 0 aromatic rings. The van der Waals surface area contributed by atoms with Gasteiger partial charge in [-0.1, -0.05) is 27.2 Å². The molecule has 2 unspecified atom stereocenters. The maximum atomic E-state index is 6.06. The second-order valence-electron chi connectivity index (χ2n) is 5.47. The van der Waals surface area contributed by atoms with Gasteiger partial charge in [0.2, 0.25) is 0 Å². The van der Waals surface area contributed by atoms with Crippen LogP contribution in [0.1, 0.15) is 33.6 Å². The van der Waals surface area contributed by atoms with Crippen molar-refractivity contribution in [1.82, 2.24) is 9.80 Å². The summed E-state index contributed by atoms with van der Waals surface area (Å²) in [6, 6.07) is 0. The number of hydrogen-bond donors (Lipinski definition) is 1. The van der Waals surface area contributed by atoms with E-state index in [1.807, 2.05) is 0 Å². The fourth-order valence-electron chi connectivity index (χ4n) is 2.78. The summed E-state index contributed by atoms with van der Waals surface area (Å²) in [4.78, 5) is 5.02. The molecule has 0 radical (unpaired) electrons. The van der Waals surface area contributed by atoms with E-state index in [1.54, 1.807) is 0 Å². The SMILES string of the molecule is CCC(C)CN(CC)C1(CN)CCN(C)C1. The summed E-state index contributed by atoms with van der Waals surface area (Å²) in [5, 5.41) is 0. The van der Waals surface area contributed by atoms with Crippen LogP contribution in [0.4, 0.5) is 0 Å². The van der Waals surface area contributed by atoms with E-state index in [1.165, 1.54) is 25.9 Å². The molecule has 16 heavy (non-hydrogen) atoms. The predicted octanol–water partition coefficient (Wildman–Crippen LogP) is 1.39. The molecule has 0 spiro atoms. The van der Waals surface area contributed by atoms with Crippen LogP contribution in [-0.2, 0) is 0 Å². The average molecular weight is 227 g/mol. The topological polar surface area (TPSA) is 32.5 Å². The lowest BCUT2D eigenvalue weighted by atomic mass is 9.94. The van der Waals surface area contributed by atoms with Gasteiger partial charge in [-0.2, -0.15) is 0 Å². The van der Waals surface area contributed by atoms with Gasteiger partial charge >= 0.3 is 0 Å². The van der Waals surface area contributed by atoms with Crippen LogP contribution in [0.5, 0.6) is 0 Å². The summed E-state index contributed by atoms with van der Waals surface area (Å²) < 4.78 is 0. The Morgan fingerprint density at radius 2 is 2.12 bits per heavy atom. The van der Waals surface area contributed by atoms with Gasteiger partial charge in [-0.15, -0.1) is 0 Å². The molecular weight excluding hydrogens is 198 g/mol. The third kappa shape index (κ3) is 2.96. The van der Waals surface area contributed by atoms with E-state index in [0.717, 1.165) is 25.6 Å². The van der Waals surface area contributed by atoms with Crippen molar-refractivity contribution < 1.29 is 0 Å². The Kier molecular flexibility index (Phi) is 5.22. The van der Waals surface area contributed by atoms with Crippen LogP contribution in [0.15, 0.2) is 0 Å². The molecule has 0 aliphatic carbocycles. The first-order valence-electron chi connectivity index (χ1n) is 6.71. The number of hydrogen-bond acceptors (Lipinski definition) is 3. The first-order valence-corrected chi connectivity index (χ1v) is 6.71. The van der Waals surface area contributed by atoms with Gasteiger partial charge in [-0.25, -0.2) is 0 Å². The second-order valence-corrected chi connectivity index (χ2v) is 5.47. The van der Waals surface area contributed by atoms with Crippen molar-refractivity contribution in [3.05, 3.63) is 0 Å². The molecule has 96 valence electrons. The molecule has 2 atom stereocenters. The number of nitrogens with two attached hydrogens (primary N) is 1. The Morgan fingerprint density at radius 3 is 2.50 bits per heavy atom. The fourth-order valence-corrected chi connectivity index (χ4v) is 2.78. The van der Waals surface area contributed by atoms with Gasteiger partial charge < -0.3 is 10.6 Å². The van der Waals surface area contributed by atoms with Crippen LogP contribution >= 0.6 is 0 Å². The van der Waals surface area contributed by atoms with E-state index in [0.29, 0.717) is 0 Å². The molecule has 0 aromatic heterocycles. The van der Waals surface area contributed by atoms with E-state index in [9.17, 15) is 0 Å². The van der Waals surface area contributed by atoms with E-state index in [2.05, 4.69) is 37.6 Å². The maximum absolute atomic E-state index is 6.06. The maximum Gasteiger partial charge on any atom is 0.0470 e. The second kappa shape index (κ2) is 5.99. The summed E-state index contributed by atoms with van der Waals surface area (Å²) in [7, 11) is 2.20. The number of likely N-dealkylation sites (tertiary alicyclic amines) is 1. The van der Waals surface area contributed by atoms with Crippen LogP contribution < -0.4 is 5.73 Å². The smallest absolute Gasteiger partial charge is 0.0470 e. The molecule has 1 fully saturated rings. The van der Waals surface area contributed by atoms with E-state index >= 15 is 0 Å². The number of nitrogens with zero attached hydrogens (tertiary/aromatic N) is 2. The van der Waals surface area contributed by atoms with Crippen LogP contribution in [-0.4, -0.2) is 55.1 Å². The molecule has 0 bridgehead atoms. The molecule has 3 heteroatoms. The average Bonchev–Trinajstić information content (AvgIpc) is 2.68. The fraction of sp³-hybridized carbons (Fsp3) is 1.00. The number of likely N-dealkylation sites (N-methyl/N-ethyl adjacent to an activating group) is 2. The first-order chi connectivity index (χ1) is 7.57. The zero-order chi connectivity index (χ0) is 12.2. The summed E-state index contributed by atoms with van der Waals surface area (Å²) in [6.45, 7) is 12.3. The van der Waals surface area contributed by atoms with Gasteiger partial charge in [0.1, 0.15) is 0 Å². The normalized spacial score (nSPS) is 28.9. The van der Waals surface area contributed by atoms with Gasteiger partial charge in [0, 0.05) is 25.2 Å². The standard InChI is InChI=1S/C13H29N3/c1-5-12(3)9-16(6-2)13(10-14)7-8-15(4)11-13/h12H,5-11,14H2,1-4H3. The van der Waals surface area contributed by atoms with Crippen molar-refractivity contribution in [2.45, 2.75) is 39.2 Å². The molecule has 1 rings (SSSR count). The van der Waals surface area contributed by atoms with Gasteiger partial charge in [0.25, 0.3) is 0 Å². The van der Waals surface area contributed by atoms with Crippen molar-refractivity contribution in [1.29, 1.82) is 0 Å². The van der Waals surface area contributed by atoms with Gasteiger partial charge in [-0.3, -0.25) is 4.90 Å². The highest BCUT2D eigenvalue weighted by atomic mass is 15.3. The molecule has 3 nitrogen and oxygen atoms in total. The molecule has 1 aliphatic heterocycles. The zero-order valence-electron chi connectivity index (χ0n) is 11.5. The molecule has 1 heterocycles. The minimum absolute atomic E-state index is 0.243. The van der Waals surface area contributed by atoms with Crippen LogP contribution in [0, 0.1) is 5.92 Å². The Balaban J connectivity index is 2.68. The Bertz CT molecular complexity index is 207. The minimum atomic E-state index is 0.243. The monoisotopic (exact) mass is 227 g/mol. The molecule has 2 N–H and O–H groups in total. The van der Waals surface area contributed by atoms with Gasteiger partial charge in [-0.05, 0) is 32.5 Å². The Morgan fingerprint density at radius 1 is 1.44 bits per heavy atom. The summed E-state index contributed by atoms with van der Waals surface area (Å²) in [6.07, 6.45) is 2.48. The van der Waals surface area contributed by atoms with Crippen molar-refractivity contribution in [2.24, 2.45) is 11.7 Å². The summed E-state index contributed by atoms with van der Waals surface area (Å²) in [5.74, 6) is 0.772. The summed E-state index contributed by atoms with van der Waals surface area (Å²) >= 11 is 0. The molecule has 1 aliphatic rings. The third-order valence-electron chi connectivity index (χ3n) is 4.18. The predicted molar refractivity (Wildman–Crippen MR) is 70.6 cm³/mol. The van der Waals surface area contributed by atoms with E-state index < -0.39 is 0 Å². The third-order valence-corrected chi connectivity index (χ3v) is 4.18. The lowest BCUT2D eigenvalue weighted by Gasteiger charge is -2.41. The van der Waals surface area contributed by atoms with Crippen molar-refractivity contribution in [3.8, 4) is 0 Å². The van der Waals surface area contributed by atoms with E-state index in [4.69, 9.17) is 5.73 Å². The summed E-state index contributed by atoms with van der Waals surface area (Å²) in [5.41, 5.74) is 6.30. The highest BCUT2D eigenvalue weighted by Gasteiger charge is 2.40. The molecule has 1 saturated heterocycles. The highest BCUT2D eigenvalue weighted by Crippen LogP contribution is 2.27. The minimum Gasteiger partial charge on any atom is -0.329 e. The molecule has 0 aromatic carbocycles. The Labute approximate surface area is 101 Å².